The smallest absolute Gasteiger partial charge is 0.338 e. The third kappa shape index (κ3) is 5.23. The highest BCUT2D eigenvalue weighted by Gasteiger charge is 2.52. The van der Waals surface area contributed by atoms with Crippen LogP contribution in [-0.4, -0.2) is 46.8 Å². The number of nitrogens with zero attached hydrogens (tertiary/aromatic N) is 1. The first-order chi connectivity index (χ1) is 16.7. The van der Waals surface area contributed by atoms with Crippen molar-refractivity contribution in [1.29, 1.82) is 0 Å². The van der Waals surface area contributed by atoms with Crippen LogP contribution in [-0.2, 0) is 19.1 Å². The van der Waals surface area contributed by atoms with Gasteiger partial charge in [0.1, 0.15) is 0 Å². The summed E-state index contributed by atoms with van der Waals surface area (Å²) in [5.41, 5.74) is 1.29. The van der Waals surface area contributed by atoms with Gasteiger partial charge in [0, 0.05) is 11.3 Å². The van der Waals surface area contributed by atoms with Gasteiger partial charge in [-0.15, -0.1) is 23.2 Å². The van der Waals surface area contributed by atoms with Crippen molar-refractivity contribution in [2.24, 2.45) is 11.8 Å². The molecule has 0 unspecified atom stereocenters. The molecule has 35 heavy (non-hydrogen) atoms. The number of nitrogens with one attached hydrogen (secondary N) is 1. The molecule has 2 aromatic carbocycles. The Labute approximate surface area is 211 Å². The standard InChI is InChI=1S/C25H22Cl2N2O6/c1-13(30)14-5-7-16(8-6-14)28-22(31)12-35-25(34)15-3-2-4-17(9-15)29-23(32)18-10-20(26)21(27)11-19(18)24(29)33/h2-9,18-21H,10-12H2,1H3,(H,28,31)/t18-,19+,20-,21-/m0/s1. The minimum atomic E-state index is -0.785. The molecule has 1 saturated heterocycles. The molecule has 4 rings (SSSR count). The van der Waals surface area contributed by atoms with Crippen molar-refractivity contribution in [3.05, 3.63) is 59.7 Å². The van der Waals surface area contributed by atoms with Crippen LogP contribution in [0.3, 0.4) is 0 Å². The summed E-state index contributed by atoms with van der Waals surface area (Å²) in [6.07, 6.45) is 0.631. The average molecular weight is 517 g/mol. The molecule has 8 nitrogen and oxygen atoms in total. The number of carbonyl (C=O) groups excluding carboxylic acids is 5. The zero-order valence-electron chi connectivity index (χ0n) is 18.7. The molecule has 0 radical (unpaired) electrons. The lowest BCUT2D eigenvalue weighted by atomic mass is 9.80. The van der Waals surface area contributed by atoms with E-state index in [9.17, 15) is 24.0 Å². The second-order valence-corrected chi connectivity index (χ2v) is 9.66. The third-order valence-corrected chi connectivity index (χ3v) is 7.25. The minimum Gasteiger partial charge on any atom is -0.452 e. The molecule has 1 heterocycles. The number of carbonyl (C=O) groups is 5. The van der Waals surface area contributed by atoms with Gasteiger partial charge in [0.15, 0.2) is 12.4 Å². The summed E-state index contributed by atoms with van der Waals surface area (Å²) in [5.74, 6) is -3.25. The normalized spacial score (nSPS) is 23.6. The minimum absolute atomic E-state index is 0.0852. The average Bonchev–Trinajstić information content (AvgIpc) is 3.07. The van der Waals surface area contributed by atoms with Gasteiger partial charge in [-0.05, 0) is 62.2 Å². The predicted molar refractivity (Wildman–Crippen MR) is 130 cm³/mol. The summed E-state index contributed by atoms with van der Waals surface area (Å²) in [6, 6.07) is 12.2. The number of rotatable bonds is 6. The second kappa shape index (κ2) is 10.2. The maximum Gasteiger partial charge on any atom is 0.338 e. The first-order valence-electron chi connectivity index (χ1n) is 11.0. The van der Waals surface area contributed by atoms with Crippen LogP contribution >= 0.6 is 23.2 Å². The summed E-state index contributed by atoms with van der Waals surface area (Å²) in [6.45, 7) is 0.895. The molecule has 1 saturated carbocycles. The number of benzene rings is 2. The number of halogens is 2. The van der Waals surface area contributed by atoms with E-state index in [0.29, 0.717) is 24.1 Å². The zero-order chi connectivity index (χ0) is 25.3. The van der Waals surface area contributed by atoms with Crippen molar-refractivity contribution in [2.45, 2.75) is 30.5 Å². The number of hydrogen-bond acceptors (Lipinski definition) is 6. The molecule has 2 aliphatic rings. The fraction of sp³-hybridized carbons (Fsp3) is 0.320. The molecular weight excluding hydrogens is 495 g/mol. The van der Waals surface area contributed by atoms with Gasteiger partial charge < -0.3 is 10.1 Å². The number of anilines is 2. The lowest BCUT2D eigenvalue weighted by Gasteiger charge is -2.28. The number of ketones is 1. The molecular formula is C25H22Cl2N2O6. The highest BCUT2D eigenvalue weighted by atomic mass is 35.5. The molecule has 1 N–H and O–H groups in total. The van der Waals surface area contributed by atoms with Crippen LogP contribution in [0.1, 0.15) is 40.5 Å². The molecule has 10 heteroatoms. The number of fused-ring (bicyclic) bond motifs is 1. The maximum atomic E-state index is 12.9. The maximum absolute atomic E-state index is 12.9. The number of amides is 3. The van der Waals surface area contributed by atoms with Gasteiger partial charge in [-0.25, -0.2) is 4.79 Å². The van der Waals surface area contributed by atoms with Crippen molar-refractivity contribution >= 4 is 64.1 Å². The summed E-state index contributed by atoms with van der Waals surface area (Å²) in [7, 11) is 0. The van der Waals surface area contributed by atoms with Gasteiger partial charge in [-0.2, -0.15) is 0 Å². The van der Waals surface area contributed by atoms with Gasteiger partial charge in [0.2, 0.25) is 11.8 Å². The second-order valence-electron chi connectivity index (χ2n) is 8.54. The number of Topliss-reactive ketones (excluding diaryl/α,β-unsaturated/α-hetero) is 1. The van der Waals surface area contributed by atoms with Crippen LogP contribution in [0.5, 0.6) is 0 Å². The Morgan fingerprint density at radius 1 is 0.943 bits per heavy atom. The molecule has 1 aliphatic carbocycles. The van der Waals surface area contributed by atoms with Crippen LogP contribution in [0.4, 0.5) is 11.4 Å². The van der Waals surface area contributed by atoms with Crippen molar-refractivity contribution < 1.29 is 28.7 Å². The lowest BCUT2D eigenvalue weighted by Crippen LogP contribution is -2.34. The van der Waals surface area contributed by atoms with Gasteiger partial charge in [0.05, 0.1) is 33.8 Å². The van der Waals surface area contributed by atoms with Crippen molar-refractivity contribution in [2.75, 3.05) is 16.8 Å². The summed E-state index contributed by atoms with van der Waals surface area (Å²) < 4.78 is 5.09. The van der Waals surface area contributed by atoms with Crippen LogP contribution in [0.25, 0.3) is 0 Å². The van der Waals surface area contributed by atoms with E-state index in [1.807, 2.05) is 0 Å². The topological polar surface area (TPSA) is 110 Å². The number of imide groups is 1. The number of hydrogen-bond donors (Lipinski definition) is 1. The number of ether oxygens (including phenoxy) is 1. The largest absolute Gasteiger partial charge is 0.452 e. The van der Waals surface area contributed by atoms with E-state index >= 15 is 0 Å². The molecule has 3 amide bonds. The van der Waals surface area contributed by atoms with Crippen LogP contribution < -0.4 is 10.2 Å². The van der Waals surface area contributed by atoms with E-state index in [1.54, 1.807) is 30.3 Å². The van der Waals surface area contributed by atoms with Gasteiger partial charge in [-0.3, -0.25) is 24.1 Å². The molecule has 0 spiro atoms. The fourth-order valence-corrected chi connectivity index (χ4v) is 4.91. The van der Waals surface area contributed by atoms with E-state index in [-0.39, 0.29) is 28.8 Å². The lowest BCUT2D eigenvalue weighted by molar-refractivity contribution is -0.122. The summed E-state index contributed by atoms with van der Waals surface area (Å²) >= 11 is 12.4. The molecule has 4 atom stereocenters. The molecule has 2 aromatic rings. The van der Waals surface area contributed by atoms with Crippen molar-refractivity contribution in [3.8, 4) is 0 Å². The SMILES string of the molecule is CC(=O)c1ccc(NC(=O)COC(=O)c2cccc(N3C(=O)[C@H]4C[C@H](Cl)[C@@H](Cl)C[C@H]4C3=O)c2)cc1. The van der Waals surface area contributed by atoms with E-state index in [0.717, 1.165) is 4.90 Å². The Kier molecular flexibility index (Phi) is 7.23. The van der Waals surface area contributed by atoms with Crippen molar-refractivity contribution in [3.63, 3.8) is 0 Å². The zero-order valence-corrected chi connectivity index (χ0v) is 20.2. The molecule has 0 aromatic heterocycles. The van der Waals surface area contributed by atoms with E-state index in [2.05, 4.69) is 5.32 Å². The van der Waals surface area contributed by atoms with E-state index in [1.165, 1.54) is 25.1 Å². The predicted octanol–water partition coefficient (Wildman–Crippen LogP) is 3.80. The molecule has 0 bridgehead atoms. The van der Waals surface area contributed by atoms with Crippen LogP contribution in [0, 0.1) is 11.8 Å². The Morgan fingerprint density at radius 2 is 1.54 bits per heavy atom. The Hall–Kier alpha value is -3.23. The van der Waals surface area contributed by atoms with E-state index < -0.39 is 41.1 Å². The van der Waals surface area contributed by atoms with E-state index in [4.69, 9.17) is 27.9 Å². The van der Waals surface area contributed by atoms with Crippen LogP contribution in [0.15, 0.2) is 48.5 Å². The first-order valence-corrected chi connectivity index (χ1v) is 11.9. The Bertz CT molecular complexity index is 1170. The summed E-state index contributed by atoms with van der Waals surface area (Å²) in [4.78, 5) is 63.0. The van der Waals surface area contributed by atoms with Crippen molar-refractivity contribution in [1.82, 2.24) is 0 Å². The van der Waals surface area contributed by atoms with Crippen LogP contribution in [0.2, 0.25) is 0 Å². The highest BCUT2D eigenvalue weighted by molar-refractivity contribution is 6.31. The third-order valence-electron chi connectivity index (χ3n) is 6.16. The quantitative estimate of drug-likeness (QED) is 0.270. The number of esters is 1. The monoisotopic (exact) mass is 516 g/mol. The number of alkyl halides is 2. The summed E-state index contributed by atoms with van der Waals surface area (Å²) in [5, 5.41) is 1.78. The Balaban J connectivity index is 1.39. The van der Waals surface area contributed by atoms with Gasteiger partial charge >= 0.3 is 5.97 Å². The first kappa shape index (κ1) is 24.9. The molecule has 1 aliphatic heterocycles. The molecule has 182 valence electrons. The highest BCUT2D eigenvalue weighted by Crippen LogP contribution is 2.43. The van der Waals surface area contributed by atoms with Gasteiger partial charge in [-0.1, -0.05) is 6.07 Å². The Morgan fingerprint density at radius 3 is 2.11 bits per heavy atom. The molecule has 2 fully saturated rings. The van der Waals surface area contributed by atoms with Gasteiger partial charge in [0.25, 0.3) is 5.91 Å². The fourth-order valence-electron chi connectivity index (χ4n) is 4.32.